The van der Waals surface area contributed by atoms with Gasteiger partial charge in [-0.1, -0.05) is 23.7 Å². The number of ether oxygens (including phenoxy) is 2. The van der Waals surface area contributed by atoms with Crippen molar-refractivity contribution >= 4 is 28.5 Å². The van der Waals surface area contributed by atoms with Gasteiger partial charge in [-0.2, -0.15) is 4.98 Å². The number of aromatic amines is 1. The highest BCUT2D eigenvalue weighted by Gasteiger charge is 2.15. The van der Waals surface area contributed by atoms with E-state index in [2.05, 4.69) is 32.0 Å². The molecule has 1 aliphatic heterocycles. The van der Waals surface area contributed by atoms with Crippen LogP contribution in [0.4, 0.5) is 5.69 Å². The topological polar surface area (TPSA) is 85.3 Å². The number of benzene rings is 1. The molecule has 0 bridgehead atoms. The minimum Gasteiger partial charge on any atom is -0.425 e. The molecule has 0 saturated carbocycles. The standard InChI is InChI=1S/C22H20ClN5O3/c1-27-7-6-16(12-19(27)29)31-22-24-18-13-17(23)20(25-21(18)26-22)14-2-4-15(5-3-14)28-8-10-30-11-9-28/h2-7,12-13H,8-11H2,1H3,(H,24,25,26). The molecule has 3 aromatic heterocycles. The van der Waals surface area contributed by atoms with Crippen LogP contribution in [-0.2, 0) is 11.8 Å². The van der Waals surface area contributed by atoms with Crippen LogP contribution in [0.5, 0.6) is 11.8 Å². The SMILES string of the molecule is Cn1ccc(Oc2nc3nc(-c4ccc(N5CCOCC5)cc4)c(Cl)cc3[nH]2)cc1=O. The number of nitrogens with one attached hydrogen (secondary N) is 1. The van der Waals surface area contributed by atoms with Gasteiger partial charge in [0, 0.05) is 43.7 Å². The van der Waals surface area contributed by atoms with Crippen LogP contribution in [0.15, 0.2) is 53.5 Å². The van der Waals surface area contributed by atoms with Crippen molar-refractivity contribution in [2.24, 2.45) is 7.05 Å². The number of aryl methyl sites for hydroxylation is 1. The van der Waals surface area contributed by atoms with Crippen molar-refractivity contribution in [3.63, 3.8) is 0 Å². The number of rotatable bonds is 4. The van der Waals surface area contributed by atoms with Crippen LogP contribution >= 0.6 is 11.6 Å². The van der Waals surface area contributed by atoms with Gasteiger partial charge in [0.2, 0.25) is 0 Å². The quantitative estimate of drug-likeness (QED) is 0.525. The summed E-state index contributed by atoms with van der Waals surface area (Å²) >= 11 is 6.51. The second-order valence-corrected chi connectivity index (χ2v) is 7.70. The van der Waals surface area contributed by atoms with Crippen molar-refractivity contribution in [2.75, 3.05) is 31.2 Å². The van der Waals surface area contributed by atoms with Crippen LogP contribution < -0.4 is 15.2 Å². The number of halogens is 1. The summed E-state index contributed by atoms with van der Waals surface area (Å²) in [4.78, 5) is 26.1. The maximum Gasteiger partial charge on any atom is 0.301 e. The second kappa shape index (κ2) is 8.05. The van der Waals surface area contributed by atoms with Crippen LogP contribution in [0.3, 0.4) is 0 Å². The summed E-state index contributed by atoms with van der Waals surface area (Å²) in [6, 6.07) is 13.3. The third-order valence-corrected chi connectivity index (χ3v) is 5.50. The molecule has 4 heterocycles. The summed E-state index contributed by atoms with van der Waals surface area (Å²) in [5.41, 5.74) is 3.66. The molecule has 1 aromatic carbocycles. The van der Waals surface area contributed by atoms with Gasteiger partial charge in [0.25, 0.3) is 5.56 Å². The molecule has 0 radical (unpaired) electrons. The number of anilines is 1. The number of fused-ring (bicyclic) bond motifs is 1. The zero-order valence-corrected chi connectivity index (χ0v) is 17.6. The van der Waals surface area contributed by atoms with Crippen LogP contribution in [0.25, 0.3) is 22.4 Å². The van der Waals surface area contributed by atoms with Gasteiger partial charge in [-0.3, -0.25) is 4.79 Å². The van der Waals surface area contributed by atoms with Crippen molar-refractivity contribution in [3.8, 4) is 23.0 Å². The lowest BCUT2D eigenvalue weighted by atomic mass is 10.1. The van der Waals surface area contributed by atoms with Crippen molar-refractivity contribution < 1.29 is 9.47 Å². The van der Waals surface area contributed by atoms with Gasteiger partial charge in [-0.05, 0) is 24.3 Å². The number of hydrogen-bond donors (Lipinski definition) is 1. The molecule has 31 heavy (non-hydrogen) atoms. The van der Waals surface area contributed by atoms with Gasteiger partial charge in [0.15, 0.2) is 5.65 Å². The lowest BCUT2D eigenvalue weighted by molar-refractivity contribution is 0.122. The molecule has 1 aliphatic rings. The minimum absolute atomic E-state index is 0.169. The first kappa shape index (κ1) is 19.6. The summed E-state index contributed by atoms with van der Waals surface area (Å²) in [5, 5.41) is 0.510. The Bertz CT molecular complexity index is 1290. The highest BCUT2D eigenvalue weighted by atomic mass is 35.5. The van der Waals surface area contributed by atoms with Gasteiger partial charge < -0.3 is 23.9 Å². The number of nitrogens with zero attached hydrogens (tertiary/aromatic N) is 4. The van der Waals surface area contributed by atoms with Crippen LogP contribution in [-0.4, -0.2) is 45.8 Å². The Hall–Kier alpha value is -3.36. The average molecular weight is 438 g/mol. The molecule has 1 saturated heterocycles. The first-order valence-electron chi connectivity index (χ1n) is 9.91. The maximum atomic E-state index is 11.8. The molecule has 5 rings (SSSR count). The van der Waals surface area contributed by atoms with Crippen molar-refractivity contribution in [2.45, 2.75) is 0 Å². The Labute approximate surface area is 183 Å². The zero-order chi connectivity index (χ0) is 21.4. The molecule has 8 nitrogen and oxygen atoms in total. The van der Waals surface area contributed by atoms with Gasteiger partial charge >= 0.3 is 6.01 Å². The van der Waals surface area contributed by atoms with E-state index in [0.29, 0.717) is 27.6 Å². The minimum atomic E-state index is -0.169. The van der Waals surface area contributed by atoms with Crippen molar-refractivity contribution in [1.82, 2.24) is 19.5 Å². The maximum absolute atomic E-state index is 11.8. The van der Waals surface area contributed by atoms with E-state index >= 15 is 0 Å². The van der Waals surface area contributed by atoms with E-state index in [4.69, 9.17) is 21.1 Å². The Morgan fingerprint density at radius 3 is 2.61 bits per heavy atom. The lowest BCUT2D eigenvalue weighted by Crippen LogP contribution is -2.36. The highest BCUT2D eigenvalue weighted by Crippen LogP contribution is 2.31. The number of morpholine rings is 1. The monoisotopic (exact) mass is 437 g/mol. The van der Waals surface area contributed by atoms with E-state index in [1.165, 1.54) is 10.6 Å². The molecule has 0 unspecified atom stereocenters. The van der Waals surface area contributed by atoms with Gasteiger partial charge in [-0.25, -0.2) is 4.98 Å². The molecule has 1 fully saturated rings. The predicted molar refractivity (Wildman–Crippen MR) is 119 cm³/mol. The number of aromatic nitrogens is 4. The zero-order valence-electron chi connectivity index (χ0n) is 16.8. The van der Waals surface area contributed by atoms with Crippen molar-refractivity contribution in [1.29, 1.82) is 0 Å². The van der Waals surface area contributed by atoms with Gasteiger partial charge in [-0.15, -0.1) is 0 Å². The fraction of sp³-hybridized carbons (Fsp3) is 0.227. The van der Waals surface area contributed by atoms with Gasteiger partial charge in [0.1, 0.15) is 5.75 Å². The van der Waals surface area contributed by atoms with E-state index in [1.807, 2.05) is 12.1 Å². The van der Waals surface area contributed by atoms with E-state index < -0.39 is 0 Å². The molecule has 0 spiro atoms. The summed E-state index contributed by atoms with van der Waals surface area (Å²) in [6.07, 6.45) is 1.63. The number of pyridine rings is 2. The smallest absolute Gasteiger partial charge is 0.301 e. The summed E-state index contributed by atoms with van der Waals surface area (Å²) < 4.78 is 12.6. The van der Waals surface area contributed by atoms with E-state index in [9.17, 15) is 4.79 Å². The van der Waals surface area contributed by atoms with Crippen LogP contribution in [0.1, 0.15) is 0 Å². The molecule has 0 atom stereocenters. The molecular formula is C22H20ClN5O3. The molecule has 1 N–H and O–H groups in total. The Morgan fingerprint density at radius 1 is 1.10 bits per heavy atom. The second-order valence-electron chi connectivity index (χ2n) is 7.29. The van der Waals surface area contributed by atoms with Crippen LogP contribution in [0, 0.1) is 0 Å². The largest absolute Gasteiger partial charge is 0.425 e. The molecule has 0 amide bonds. The van der Waals surface area contributed by atoms with E-state index in [0.717, 1.165) is 37.6 Å². The third kappa shape index (κ3) is 3.99. The molecule has 0 aliphatic carbocycles. The lowest BCUT2D eigenvalue weighted by Gasteiger charge is -2.28. The summed E-state index contributed by atoms with van der Waals surface area (Å²) in [5.74, 6) is 0.396. The van der Waals surface area contributed by atoms with Gasteiger partial charge in [0.05, 0.1) is 29.4 Å². The fourth-order valence-electron chi connectivity index (χ4n) is 3.50. The Morgan fingerprint density at radius 2 is 1.87 bits per heavy atom. The highest BCUT2D eigenvalue weighted by molar-refractivity contribution is 6.33. The molecule has 158 valence electrons. The summed E-state index contributed by atoms with van der Waals surface area (Å²) in [7, 11) is 1.67. The normalized spacial score (nSPS) is 14.2. The molecular weight excluding hydrogens is 418 g/mol. The third-order valence-electron chi connectivity index (χ3n) is 5.21. The summed E-state index contributed by atoms with van der Waals surface area (Å²) in [6.45, 7) is 3.25. The Balaban J connectivity index is 1.42. The number of hydrogen-bond acceptors (Lipinski definition) is 6. The molecule has 4 aromatic rings. The van der Waals surface area contributed by atoms with E-state index in [-0.39, 0.29) is 11.6 Å². The fourth-order valence-corrected chi connectivity index (χ4v) is 3.76. The number of imidazole rings is 1. The van der Waals surface area contributed by atoms with Crippen LogP contribution in [0.2, 0.25) is 5.02 Å². The number of H-pyrrole nitrogens is 1. The van der Waals surface area contributed by atoms with E-state index in [1.54, 1.807) is 25.4 Å². The predicted octanol–water partition coefficient (Wildman–Crippen LogP) is 3.61. The Kier molecular flexibility index (Phi) is 5.09. The van der Waals surface area contributed by atoms with Crippen molar-refractivity contribution in [3.05, 3.63) is 64.0 Å². The average Bonchev–Trinajstić information content (AvgIpc) is 3.17. The first-order valence-corrected chi connectivity index (χ1v) is 10.3. The first-order chi connectivity index (χ1) is 15.1. The molecule has 9 heteroatoms.